The number of methoxy groups -OCH3 is 1. The standard InChI is InChI=1S/C24H30N2O6S/c1-24(2)23(28)22(26-14-6-5-7-21(26)27)19-15-18(12-13-20(19)32-24)33(29,30)25(3)16-8-10-17(31-4)11-9-16/h8-13,15,22-23,28H,5-7,14H2,1-4H3/t22-,23+/m0/s1. The number of amides is 1. The van der Waals surface area contributed by atoms with Crippen LogP contribution in [-0.4, -0.2) is 56.7 Å². The molecular formula is C24H30N2O6S. The Morgan fingerprint density at radius 1 is 1.15 bits per heavy atom. The third-order valence-corrected chi connectivity index (χ3v) is 8.26. The third-order valence-electron chi connectivity index (χ3n) is 6.47. The van der Waals surface area contributed by atoms with Crippen LogP contribution in [0.4, 0.5) is 5.69 Å². The topological polar surface area (TPSA) is 96.4 Å². The summed E-state index contributed by atoms with van der Waals surface area (Å²) in [6.07, 6.45) is 1.05. The summed E-state index contributed by atoms with van der Waals surface area (Å²) < 4.78 is 39.2. The first-order valence-electron chi connectivity index (χ1n) is 11.0. The lowest BCUT2D eigenvalue weighted by atomic mass is 9.84. The summed E-state index contributed by atoms with van der Waals surface area (Å²) in [6.45, 7) is 4.05. The minimum Gasteiger partial charge on any atom is -0.497 e. The van der Waals surface area contributed by atoms with Crippen molar-refractivity contribution in [3.8, 4) is 11.5 Å². The Labute approximate surface area is 194 Å². The fourth-order valence-electron chi connectivity index (χ4n) is 4.45. The van der Waals surface area contributed by atoms with Crippen molar-refractivity contribution in [2.45, 2.75) is 55.8 Å². The minimum atomic E-state index is -3.91. The van der Waals surface area contributed by atoms with Gasteiger partial charge in [0.2, 0.25) is 5.91 Å². The molecule has 2 aromatic carbocycles. The van der Waals surface area contributed by atoms with Crippen molar-refractivity contribution in [1.29, 1.82) is 0 Å². The number of nitrogens with zero attached hydrogens (tertiary/aromatic N) is 2. The highest BCUT2D eigenvalue weighted by Gasteiger charge is 2.47. The van der Waals surface area contributed by atoms with Gasteiger partial charge in [-0.2, -0.15) is 0 Å². The van der Waals surface area contributed by atoms with Gasteiger partial charge < -0.3 is 19.5 Å². The lowest BCUT2D eigenvalue weighted by Crippen LogP contribution is -2.55. The molecule has 1 saturated heterocycles. The van der Waals surface area contributed by atoms with Crippen LogP contribution in [0.3, 0.4) is 0 Å². The second-order valence-corrected chi connectivity index (χ2v) is 11.0. The highest BCUT2D eigenvalue weighted by atomic mass is 32.2. The van der Waals surface area contributed by atoms with Crippen LogP contribution in [-0.2, 0) is 14.8 Å². The second-order valence-electron chi connectivity index (χ2n) is 9.01. The van der Waals surface area contributed by atoms with Crippen LogP contribution in [0.15, 0.2) is 47.4 Å². The Morgan fingerprint density at radius 2 is 1.85 bits per heavy atom. The van der Waals surface area contributed by atoms with Gasteiger partial charge in [-0.25, -0.2) is 8.42 Å². The minimum absolute atomic E-state index is 0.0439. The molecule has 2 heterocycles. The van der Waals surface area contributed by atoms with Gasteiger partial charge in [0.1, 0.15) is 23.2 Å². The molecule has 2 aliphatic heterocycles. The van der Waals surface area contributed by atoms with Gasteiger partial charge in [-0.1, -0.05) is 0 Å². The number of likely N-dealkylation sites (tertiary alicyclic amines) is 1. The number of ether oxygens (including phenoxy) is 2. The van der Waals surface area contributed by atoms with E-state index in [-0.39, 0.29) is 10.8 Å². The predicted molar refractivity (Wildman–Crippen MR) is 124 cm³/mol. The SMILES string of the molecule is COc1ccc(N(C)S(=O)(=O)c2ccc3c(c2)[C@H](N2CCCCC2=O)[C@@H](O)C(C)(C)O3)cc1. The van der Waals surface area contributed by atoms with Crippen LogP contribution in [0, 0.1) is 0 Å². The van der Waals surface area contributed by atoms with E-state index in [2.05, 4.69) is 0 Å². The number of fused-ring (bicyclic) bond motifs is 1. The second kappa shape index (κ2) is 8.53. The van der Waals surface area contributed by atoms with E-state index in [1.807, 2.05) is 0 Å². The number of aliphatic hydroxyl groups is 1. The number of hydrogen-bond acceptors (Lipinski definition) is 6. The van der Waals surface area contributed by atoms with Crippen LogP contribution in [0.25, 0.3) is 0 Å². The zero-order chi connectivity index (χ0) is 24.0. The lowest BCUT2D eigenvalue weighted by molar-refractivity contribution is -0.147. The number of hydrogen-bond donors (Lipinski definition) is 1. The van der Waals surface area contributed by atoms with E-state index >= 15 is 0 Å². The number of sulfonamides is 1. The number of carbonyl (C=O) groups excluding carboxylic acids is 1. The molecule has 0 spiro atoms. The summed E-state index contributed by atoms with van der Waals surface area (Å²) in [4.78, 5) is 14.5. The molecule has 1 amide bonds. The summed E-state index contributed by atoms with van der Waals surface area (Å²) in [6, 6.07) is 10.7. The lowest BCUT2D eigenvalue weighted by Gasteiger charge is -2.47. The molecule has 33 heavy (non-hydrogen) atoms. The van der Waals surface area contributed by atoms with Crippen molar-refractivity contribution < 1.29 is 27.8 Å². The van der Waals surface area contributed by atoms with Gasteiger partial charge in [-0.15, -0.1) is 0 Å². The molecule has 1 N–H and O–H groups in total. The van der Waals surface area contributed by atoms with Crippen LogP contribution in [0.2, 0.25) is 0 Å². The Bertz CT molecular complexity index is 1150. The predicted octanol–water partition coefficient (Wildman–Crippen LogP) is 3.11. The zero-order valence-corrected chi connectivity index (χ0v) is 20.1. The molecule has 0 unspecified atom stereocenters. The Balaban J connectivity index is 1.76. The largest absolute Gasteiger partial charge is 0.497 e. The van der Waals surface area contributed by atoms with Crippen molar-refractivity contribution in [3.63, 3.8) is 0 Å². The smallest absolute Gasteiger partial charge is 0.264 e. The monoisotopic (exact) mass is 474 g/mol. The van der Waals surface area contributed by atoms with E-state index in [9.17, 15) is 18.3 Å². The maximum absolute atomic E-state index is 13.4. The van der Waals surface area contributed by atoms with Gasteiger partial charge in [0, 0.05) is 25.6 Å². The molecule has 0 saturated carbocycles. The van der Waals surface area contributed by atoms with Crippen molar-refractivity contribution in [2.24, 2.45) is 0 Å². The first-order chi connectivity index (χ1) is 15.6. The van der Waals surface area contributed by atoms with E-state index in [1.54, 1.807) is 56.2 Å². The van der Waals surface area contributed by atoms with Crippen LogP contribution in [0.5, 0.6) is 11.5 Å². The fourth-order valence-corrected chi connectivity index (χ4v) is 5.68. The quantitative estimate of drug-likeness (QED) is 0.715. The molecule has 0 aliphatic carbocycles. The van der Waals surface area contributed by atoms with Crippen LogP contribution in [0.1, 0.15) is 44.7 Å². The number of piperidine rings is 1. The molecular weight excluding hydrogens is 444 g/mol. The number of rotatable bonds is 5. The van der Waals surface area contributed by atoms with Crippen molar-refractivity contribution in [3.05, 3.63) is 48.0 Å². The van der Waals surface area contributed by atoms with E-state index in [0.717, 1.165) is 12.8 Å². The molecule has 0 aromatic heterocycles. The highest BCUT2D eigenvalue weighted by Crippen LogP contribution is 2.45. The molecule has 1 fully saturated rings. The van der Waals surface area contributed by atoms with Crippen molar-refractivity contribution in [1.82, 2.24) is 4.90 Å². The van der Waals surface area contributed by atoms with Crippen molar-refractivity contribution >= 4 is 21.6 Å². The number of carbonyl (C=O) groups is 1. The fraction of sp³-hybridized carbons (Fsp3) is 0.458. The molecule has 178 valence electrons. The average Bonchev–Trinajstić information content (AvgIpc) is 2.80. The van der Waals surface area contributed by atoms with E-state index in [1.165, 1.54) is 23.5 Å². The molecule has 0 radical (unpaired) electrons. The third kappa shape index (κ3) is 4.15. The van der Waals surface area contributed by atoms with Gasteiger partial charge >= 0.3 is 0 Å². The van der Waals surface area contributed by atoms with Crippen LogP contribution < -0.4 is 13.8 Å². The van der Waals surface area contributed by atoms with E-state index < -0.39 is 27.8 Å². The summed E-state index contributed by atoms with van der Waals surface area (Å²) in [7, 11) is -0.879. The number of aliphatic hydroxyl groups excluding tert-OH is 1. The summed E-state index contributed by atoms with van der Waals surface area (Å²) in [5.41, 5.74) is 0.0466. The summed E-state index contributed by atoms with van der Waals surface area (Å²) in [5.74, 6) is 1.05. The van der Waals surface area contributed by atoms with Crippen LogP contribution >= 0.6 is 0 Å². The summed E-state index contributed by atoms with van der Waals surface area (Å²) in [5, 5.41) is 11.2. The highest BCUT2D eigenvalue weighted by molar-refractivity contribution is 7.92. The van der Waals surface area contributed by atoms with E-state index in [0.29, 0.717) is 35.7 Å². The maximum Gasteiger partial charge on any atom is 0.264 e. The molecule has 0 bridgehead atoms. The number of anilines is 1. The molecule has 2 aromatic rings. The molecule has 8 nitrogen and oxygen atoms in total. The number of benzene rings is 2. The van der Waals surface area contributed by atoms with Gasteiger partial charge in [0.25, 0.3) is 10.0 Å². The molecule has 9 heteroatoms. The van der Waals surface area contributed by atoms with Gasteiger partial charge in [0.05, 0.1) is 23.7 Å². The van der Waals surface area contributed by atoms with Gasteiger partial charge in [0.15, 0.2) is 0 Å². The summed E-state index contributed by atoms with van der Waals surface area (Å²) >= 11 is 0. The van der Waals surface area contributed by atoms with Crippen molar-refractivity contribution in [2.75, 3.05) is 25.0 Å². The average molecular weight is 475 g/mol. The Hall–Kier alpha value is -2.78. The molecule has 2 aliphatic rings. The molecule has 2 atom stereocenters. The first-order valence-corrected chi connectivity index (χ1v) is 12.4. The Morgan fingerprint density at radius 3 is 2.48 bits per heavy atom. The van der Waals surface area contributed by atoms with E-state index in [4.69, 9.17) is 9.47 Å². The normalized spacial score (nSPS) is 22.3. The maximum atomic E-state index is 13.4. The zero-order valence-electron chi connectivity index (χ0n) is 19.3. The Kier molecular flexibility index (Phi) is 6.05. The molecule has 4 rings (SSSR count). The first kappa shape index (κ1) is 23.4. The van der Waals surface area contributed by atoms with Gasteiger partial charge in [-0.3, -0.25) is 9.10 Å². The van der Waals surface area contributed by atoms with Gasteiger partial charge in [-0.05, 0) is 69.2 Å².